The minimum absolute atomic E-state index is 0.0926. The second-order valence-corrected chi connectivity index (χ2v) is 7.99. The zero-order chi connectivity index (χ0) is 15.8. The van der Waals surface area contributed by atoms with E-state index in [-0.39, 0.29) is 17.7 Å². The van der Waals surface area contributed by atoms with Crippen LogP contribution in [-0.2, 0) is 4.79 Å². The molecule has 0 unspecified atom stereocenters. The summed E-state index contributed by atoms with van der Waals surface area (Å²) in [6.45, 7) is 2.59. The molecule has 2 fully saturated rings. The van der Waals surface area contributed by atoms with Gasteiger partial charge in [-0.25, -0.2) is 0 Å². The summed E-state index contributed by atoms with van der Waals surface area (Å²) in [5, 5.41) is 4.00. The van der Waals surface area contributed by atoms with E-state index < -0.39 is 0 Å². The number of piperazine rings is 1. The Balaban J connectivity index is 1.32. The van der Waals surface area contributed by atoms with Gasteiger partial charge in [-0.05, 0) is 29.3 Å². The highest BCUT2D eigenvalue weighted by molar-refractivity contribution is 7.12. The lowest BCUT2D eigenvalue weighted by molar-refractivity contribution is -0.134. The molecule has 2 aromatic heterocycles. The molecule has 1 aliphatic carbocycles. The number of hydrogen-bond donors (Lipinski definition) is 0. The number of rotatable bonds is 3. The topological polar surface area (TPSA) is 40.6 Å². The third-order valence-corrected chi connectivity index (χ3v) is 6.49. The van der Waals surface area contributed by atoms with Crippen molar-refractivity contribution < 1.29 is 9.59 Å². The van der Waals surface area contributed by atoms with Crippen LogP contribution in [0.4, 0.5) is 0 Å². The van der Waals surface area contributed by atoms with Gasteiger partial charge >= 0.3 is 0 Å². The zero-order valence-corrected chi connectivity index (χ0v) is 14.3. The summed E-state index contributed by atoms with van der Waals surface area (Å²) < 4.78 is 0. The van der Waals surface area contributed by atoms with Crippen LogP contribution in [-0.4, -0.2) is 47.8 Å². The Morgan fingerprint density at radius 2 is 1.65 bits per heavy atom. The SMILES string of the molecule is O=C(c1cccs1)N1CCN(C(=O)[C@@H]2C[C@@H]2c2cccs2)CC1. The molecule has 0 spiro atoms. The predicted molar refractivity (Wildman–Crippen MR) is 92.0 cm³/mol. The van der Waals surface area contributed by atoms with Crippen molar-refractivity contribution in [1.82, 2.24) is 9.80 Å². The Morgan fingerprint density at radius 1 is 0.957 bits per heavy atom. The van der Waals surface area contributed by atoms with E-state index in [1.807, 2.05) is 27.3 Å². The molecule has 2 atom stereocenters. The Hall–Kier alpha value is -1.66. The fourth-order valence-corrected chi connectivity index (χ4v) is 4.80. The van der Waals surface area contributed by atoms with Crippen molar-refractivity contribution in [3.05, 3.63) is 44.8 Å². The van der Waals surface area contributed by atoms with Crippen LogP contribution in [0, 0.1) is 5.92 Å². The maximum Gasteiger partial charge on any atom is 0.264 e. The molecule has 1 saturated carbocycles. The van der Waals surface area contributed by atoms with Gasteiger partial charge in [-0.1, -0.05) is 12.1 Å². The first-order chi connectivity index (χ1) is 11.2. The number of hydrogen-bond acceptors (Lipinski definition) is 4. The lowest BCUT2D eigenvalue weighted by Gasteiger charge is -2.34. The Labute approximate surface area is 143 Å². The molecule has 2 aromatic rings. The molecular formula is C17H18N2O2S2. The molecule has 1 saturated heterocycles. The highest BCUT2D eigenvalue weighted by Crippen LogP contribution is 2.50. The molecule has 0 N–H and O–H groups in total. The van der Waals surface area contributed by atoms with E-state index in [0.29, 0.717) is 32.1 Å². The molecule has 4 rings (SSSR count). The van der Waals surface area contributed by atoms with Crippen LogP contribution < -0.4 is 0 Å². The van der Waals surface area contributed by atoms with Crippen LogP contribution >= 0.6 is 22.7 Å². The van der Waals surface area contributed by atoms with Gasteiger partial charge < -0.3 is 9.80 Å². The van der Waals surface area contributed by atoms with Crippen molar-refractivity contribution in [2.75, 3.05) is 26.2 Å². The molecule has 3 heterocycles. The first-order valence-electron chi connectivity index (χ1n) is 7.89. The quantitative estimate of drug-likeness (QED) is 0.857. The molecule has 0 aromatic carbocycles. The zero-order valence-electron chi connectivity index (χ0n) is 12.7. The third-order valence-electron chi connectivity index (χ3n) is 4.63. The smallest absolute Gasteiger partial charge is 0.264 e. The fraction of sp³-hybridized carbons (Fsp3) is 0.412. The average molecular weight is 346 g/mol. The predicted octanol–water partition coefficient (Wildman–Crippen LogP) is 2.90. The minimum Gasteiger partial charge on any atom is -0.339 e. The van der Waals surface area contributed by atoms with Crippen molar-refractivity contribution in [2.45, 2.75) is 12.3 Å². The first-order valence-corrected chi connectivity index (χ1v) is 9.65. The summed E-state index contributed by atoms with van der Waals surface area (Å²) in [5.41, 5.74) is 0. The average Bonchev–Trinajstić information content (AvgIpc) is 3.00. The molecule has 0 radical (unpaired) electrons. The molecule has 6 heteroatoms. The van der Waals surface area contributed by atoms with Crippen molar-refractivity contribution in [3.63, 3.8) is 0 Å². The summed E-state index contributed by atoms with van der Waals surface area (Å²) in [5.74, 6) is 0.947. The number of amides is 2. The largest absolute Gasteiger partial charge is 0.339 e. The molecule has 23 heavy (non-hydrogen) atoms. The molecule has 2 amide bonds. The first kappa shape index (κ1) is 14.9. The van der Waals surface area contributed by atoms with Crippen LogP contribution in [0.25, 0.3) is 0 Å². The third kappa shape index (κ3) is 2.93. The van der Waals surface area contributed by atoms with Crippen molar-refractivity contribution in [2.24, 2.45) is 5.92 Å². The van der Waals surface area contributed by atoms with Gasteiger partial charge in [-0.15, -0.1) is 22.7 Å². The van der Waals surface area contributed by atoms with E-state index in [1.165, 1.54) is 16.2 Å². The summed E-state index contributed by atoms with van der Waals surface area (Å²) in [4.78, 5) is 30.8. The second-order valence-electron chi connectivity index (χ2n) is 6.06. The molecular weight excluding hydrogens is 328 g/mol. The highest BCUT2D eigenvalue weighted by Gasteiger charge is 2.46. The van der Waals surface area contributed by atoms with E-state index >= 15 is 0 Å². The highest BCUT2D eigenvalue weighted by atomic mass is 32.1. The van der Waals surface area contributed by atoms with Crippen LogP contribution in [0.2, 0.25) is 0 Å². The van der Waals surface area contributed by atoms with Crippen LogP contribution in [0.1, 0.15) is 26.9 Å². The summed E-state index contributed by atoms with van der Waals surface area (Å²) in [7, 11) is 0. The van der Waals surface area contributed by atoms with Gasteiger partial charge in [0.2, 0.25) is 5.91 Å². The van der Waals surface area contributed by atoms with Gasteiger partial charge in [0, 0.05) is 42.9 Å². The van der Waals surface area contributed by atoms with E-state index in [1.54, 1.807) is 11.3 Å². The van der Waals surface area contributed by atoms with Crippen molar-refractivity contribution in [1.29, 1.82) is 0 Å². The maximum absolute atomic E-state index is 12.6. The van der Waals surface area contributed by atoms with E-state index in [0.717, 1.165) is 11.3 Å². The van der Waals surface area contributed by atoms with E-state index in [4.69, 9.17) is 0 Å². The van der Waals surface area contributed by atoms with Crippen LogP contribution in [0.15, 0.2) is 35.0 Å². The van der Waals surface area contributed by atoms with Gasteiger partial charge in [0.05, 0.1) is 4.88 Å². The van der Waals surface area contributed by atoms with Crippen LogP contribution in [0.3, 0.4) is 0 Å². The van der Waals surface area contributed by atoms with Gasteiger partial charge in [0.1, 0.15) is 0 Å². The molecule has 120 valence electrons. The van der Waals surface area contributed by atoms with Gasteiger partial charge in [0.15, 0.2) is 0 Å². The van der Waals surface area contributed by atoms with Gasteiger partial charge in [0.25, 0.3) is 5.91 Å². The Bertz CT molecular complexity index is 688. The van der Waals surface area contributed by atoms with Gasteiger partial charge in [-0.3, -0.25) is 9.59 Å². The summed E-state index contributed by atoms with van der Waals surface area (Å²) >= 11 is 3.22. The monoisotopic (exact) mass is 346 g/mol. The fourth-order valence-electron chi connectivity index (χ4n) is 3.21. The molecule has 4 nitrogen and oxygen atoms in total. The summed E-state index contributed by atoms with van der Waals surface area (Å²) in [6, 6.07) is 7.94. The number of thiophene rings is 2. The number of carbonyl (C=O) groups excluding carboxylic acids is 2. The Kier molecular flexibility index (Phi) is 3.95. The molecule has 1 aliphatic heterocycles. The minimum atomic E-state index is 0.0926. The molecule has 2 aliphatic rings. The summed E-state index contributed by atoms with van der Waals surface area (Å²) in [6.07, 6.45) is 0.980. The maximum atomic E-state index is 12.6. The van der Waals surface area contributed by atoms with Crippen molar-refractivity contribution >= 4 is 34.5 Å². The van der Waals surface area contributed by atoms with Gasteiger partial charge in [-0.2, -0.15) is 0 Å². The molecule has 0 bridgehead atoms. The lowest BCUT2D eigenvalue weighted by Crippen LogP contribution is -2.51. The normalized spacial score (nSPS) is 23.8. The Morgan fingerprint density at radius 3 is 2.30 bits per heavy atom. The number of nitrogens with zero attached hydrogens (tertiary/aromatic N) is 2. The second kappa shape index (κ2) is 6.09. The lowest BCUT2D eigenvalue weighted by atomic mass is 10.2. The number of carbonyl (C=O) groups is 2. The van der Waals surface area contributed by atoms with E-state index in [9.17, 15) is 9.59 Å². The standard InChI is InChI=1S/C17H18N2O2S2/c20-16(13-11-12(13)14-3-1-9-22-14)18-5-7-19(8-6-18)17(21)15-4-2-10-23-15/h1-4,9-10,12-13H,5-8,11H2/t12-,13+/m0/s1. The van der Waals surface area contributed by atoms with Crippen LogP contribution in [0.5, 0.6) is 0 Å². The van der Waals surface area contributed by atoms with E-state index in [2.05, 4.69) is 17.5 Å². The van der Waals surface area contributed by atoms with Crippen molar-refractivity contribution in [3.8, 4) is 0 Å².